The summed E-state index contributed by atoms with van der Waals surface area (Å²) in [5.41, 5.74) is 1.09. The van der Waals surface area contributed by atoms with Crippen molar-refractivity contribution < 1.29 is 4.79 Å². The normalized spacial score (nSPS) is 20.5. The number of rotatable bonds is 4. The topological polar surface area (TPSA) is 56.1 Å². The van der Waals surface area contributed by atoms with Crippen molar-refractivity contribution >= 4 is 23.4 Å². The minimum atomic E-state index is -0.174. The number of anilines is 1. The van der Waals surface area contributed by atoms with E-state index in [0.29, 0.717) is 16.5 Å². The largest absolute Gasteiger partial charge is 0.324 e. The highest BCUT2D eigenvalue weighted by atomic mass is 32.2. The molecule has 1 saturated heterocycles. The van der Waals surface area contributed by atoms with Crippen molar-refractivity contribution in [1.82, 2.24) is 4.90 Å². The molecule has 112 valence electrons. The van der Waals surface area contributed by atoms with Gasteiger partial charge in [0.1, 0.15) is 6.07 Å². The van der Waals surface area contributed by atoms with E-state index in [1.54, 1.807) is 18.2 Å². The quantitative estimate of drug-likeness (QED) is 0.929. The van der Waals surface area contributed by atoms with Crippen LogP contribution in [0.1, 0.15) is 25.8 Å². The van der Waals surface area contributed by atoms with Gasteiger partial charge < -0.3 is 5.32 Å². The summed E-state index contributed by atoms with van der Waals surface area (Å²) >= 11 is 1.99. The molecule has 1 fully saturated rings. The third kappa shape index (κ3) is 3.99. The minimum absolute atomic E-state index is 0.0422. The third-order valence-corrected chi connectivity index (χ3v) is 5.23. The van der Waals surface area contributed by atoms with Gasteiger partial charge in [0.2, 0.25) is 5.91 Å². The van der Waals surface area contributed by atoms with Gasteiger partial charge in [-0.15, -0.1) is 0 Å². The summed E-state index contributed by atoms with van der Waals surface area (Å²) in [6.45, 7) is 6.02. The predicted octanol–water partition coefficient (Wildman–Crippen LogP) is 2.71. The lowest BCUT2D eigenvalue weighted by Gasteiger charge is -2.35. The monoisotopic (exact) mass is 303 g/mol. The van der Waals surface area contributed by atoms with E-state index < -0.39 is 0 Å². The summed E-state index contributed by atoms with van der Waals surface area (Å²) in [6.07, 6.45) is 1.13. The van der Waals surface area contributed by atoms with E-state index in [0.717, 1.165) is 25.3 Å². The second-order valence-electron chi connectivity index (χ2n) is 5.22. The molecule has 2 atom stereocenters. The Bertz CT molecular complexity index is 541. The fourth-order valence-electron chi connectivity index (χ4n) is 2.43. The molecule has 1 aromatic carbocycles. The number of nitriles is 1. The first-order valence-electron chi connectivity index (χ1n) is 7.31. The SMILES string of the molecule is CCC1CN(C(C)C(=O)Nc2ccccc2C#N)CCS1. The van der Waals surface area contributed by atoms with E-state index in [2.05, 4.69) is 23.2 Å². The molecular weight excluding hydrogens is 282 g/mol. The number of thioether (sulfide) groups is 1. The van der Waals surface area contributed by atoms with Gasteiger partial charge in [0.05, 0.1) is 17.3 Å². The van der Waals surface area contributed by atoms with Crippen LogP contribution >= 0.6 is 11.8 Å². The molecule has 1 aliphatic heterocycles. The van der Waals surface area contributed by atoms with E-state index in [1.165, 1.54) is 0 Å². The minimum Gasteiger partial charge on any atom is -0.324 e. The highest BCUT2D eigenvalue weighted by Crippen LogP contribution is 2.23. The molecule has 2 rings (SSSR count). The van der Waals surface area contributed by atoms with Crippen LogP contribution in [0.15, 0.2) is 24.3 Å². The average molecular weight is 303 g/mol. The molecule has 0 aromatic heterocycles. The number of para-hydroxylation sites is 1. The second kappa shape index (κ2) is 7.48. The zero-order valence-electron chi connectivity index (χ0n) is 12.5. The van der Waals surface area contributed by atoms with Crippen molar-refractivity contribution in [3.63, 3.8) is 0 Å². The summed E-state index contributed by atoms with van der Waals surface area (Å²) < 4.78 is 0. The Kier molecular flexibility index (Phi) is 5.66. The predicted molar refractivity (Wildman–Crippen MR) is 87.4 cm³/mol. The first-order chi connectivity index (χ1) is 10.2. The van der Waals surface area contributed by atoms with E-state index in [4.69, 9.17) is 5.26 Å². The number of carbonyl (C=O) groups is 1. The Balaban J connectivity index is 2.01. The molecule has 1 aromatic rings. The van der Waals surface area contributed by atoms with Gasteiger partial charge in [-0.25, -0.2) is 0 Å². The lowest BCUT2D eigenvalue weighted by Crippen LogP contribution is -2.48. The Labute approximate surface area is 130 Å². The third-order valence-electron chi connectivity index (χ3n) is 3.86. The van der Waals surface area contributed by atoms with Gasteiger partial charge in [0, 0.05) is 24.1 Å². The number of hydrogen-bond acceptors (Lipinski definition) is 4. The average Bonchev–Trinajstić information content (AvgIpc) is 2.54. The summed E-state index contributed by atoms with van der Waals surface area (Å²) in [4.78, 5) is 14.6. The molecule has 2 unspecified atom stereocenters. The maximum atomic E-state index is 12.4. The van der Waals surface area contributed by atoms with E-state index >= 15 is 0 Å². The molecule has 0 aliphatic carbocycles. The zero-order chi connectivity index (χ0) is 15.2. The fourth-order valence-corrected chi connectivity index (χ4v) is 3.64. The molecule has 1 amide bonds. The number of carbonyl (C=O) groups excluding carboxylic acids is 1. The molecule has 5 heteroatoms. The summed E-state index contributed by atoms with van der Waals surface area (Å²) in [5, 5.41) is 12.6. The Morgan fingerprint density at radius 1 is 1.57 bits per heavy atom. The molecular formula is C16H21N3OS. The van der Waals surface area contributed by atoms with Crippen LogP contribution in [0.2, 0.25) is 0 Å². The zero-order valence-corrected chi connectivity index (χ0v) is 13.3. The van der Waals surface area contributed by atoms with Gasteiger partial charge >= 0.3 is 0 Å². The van der Waals surface area contributed by atoms with E-state index in [-0.39, 0.29) is 11.9 Å². The summed E-state index contributed by atoms with van der Waals surface area (Å²) in [7, 11) is 0. The van der Waals surface area contributed by atoms with Gasteiger partial charge in [-0.3, -0.25) is 9.69 Å². The van der Waals surface area contributed by atoms with E-state index in [1.807, 2.05) is 24.8 Å². The van der Waals surface area contributed by atoms with Gasteiger partial charge in [0.25, 0.3) is 0 Å². The highest BCUT2D eigenvalue weighted by Gasteiger charge is 2.27. The molecule has 0 bridgehead atoms. The lowest BCUT2D eigenvalue weighted by molar-refractivity contribution is -0.120. The number of benzene rings is 1. The lowest BCUT2D eigenvalue weighted by atomic mass is 10.1. The Morgan fingerprint density at radius 2 is 2.33 bits per heavy atom. The molecule has 0 saturated carbocycles. The van der Waals surface area contributed by atoms with Gasteiger partial charge in [0.15, 0.2) is 0 Å². The van der Waals surface area contributed by atoms with Crippen LogP contribution in [-0.2, 0) is 4.79 Å². The number of hydrogen-bond donors (Lipinski definition) is 1. The van der Waals surface area contributed by atoms with Crippen LogP contribution in [0.4, 0.5) is 5.69 Å². The first kappa shape index (κ1) is 15.9. The Hall–Kier alpha value is -1.51. The summed E-state index contributed by atoms with van der Waals surface area (Å²) in [5.74, 6) is 1.03. The Morgan fingerprint density at radius 3 is 3.05 bits per heavy atom. The standard InChI is InChI=1S/C16H21N3OS/c1-3-14-11-19(8-9-21-14)12(2)16(20)18-15-7-5-4-6-13(15)10-17/h4-7,12,14H,3,8-9,11H2,1-2H3,(H,18,20). The van der Waals surface area contributed by atoms with Crippen LogP contribution in [0.5, 0.6) is 0 Å². The van der Waals surface area contributed by atoms with Gasteiger partial charge in [-0.05, 0) is 25.5 Å². The molecule has 1 aliphatic rings. The summed E-state index contributed by atoms with van der Waals surface area (Å²) in [6, 6.07) is 9.03. The van der Waals surface area contributed by atoms with E-state index in [9.17, 15) is 4.79 Å². The van der Waals surface area contributed by atoms with Crippen molar-refractivity contribution in [1.29, 1.82) is 5.26 Å². The maximum absolute atomic E-state index is 12.4. The second-order valence-corrected chi connectivity index (χ2v) is 6.63. The van der Waals surface area contributed by atoms with Crippen LogP contribution in [0.3, 0.4) is 0 Å². The van der Waals surface area contributed by atoms with Crippen LogP contribution in [0, 0.1) is 11.3 Å². The number of nitrogens with zero attached hydrogens (tertiary/aromatic N) is 2. The molecule has 1 heterocycles. The molecule has 0 spiro atoms. The smallest absolute Gasteiger partial charge is 0.241 e. The van der Waals surface area contributed by atoms with Crippen LogP contribution < -0.4 is 5.32 Å². The number of amides is 1. The van der Waals surface area contributed by atoms with Crippen LogP contribution in [-0.4, -0.2) is 40.9 Å². The van der Waals surface area contributed by atoms with Crippen molar-refractivity contribution in [2.75, 3.05) is 24.2 Å². The highest BCUT2D eigenvalue weighted by molar-refractivity contribution is 8.00. The maximum Gasteiger partial charge on any atom is 0.241 e. The van der Waals surface area contributed by atoms with Crippen molar-refractivity contribution in [2.45, 2.75) is 31.6 Å². The van der Waals surface area contributed by atoms with Crippen molar-refractivity contribution in [3.05, 3.63) is 29.8 Å². The fraction of sp³-hybridized carbons (Fsp3) is 0.500. The number of nitrogens with one attached hydrogen (secondary N) is 1. The van der Waals surface area contributed by atoms with Crippen molar-refractivity contribution in [2.24, 2.45) is 0 Å². The molecule has 4 nitrogen and oxygen atoms in total. The first-order valence-corrected chi connectivity index (χ1v) is 8.36. The molecule has 21 heavy (non-hydrogen) atoms. The van der Waals surface area contributed by atoms with Gasteiger partial charge in [-0.1, -0.05) is 19.1 Å². The van der Waals surface area contributed by atoms with Crippen molar-refractivity contribution in [3.8, 4) is 6.07 Å². The van der Waals surface area contributed by atoms with Crippen LogP contribution in [0.25, 0.3) is 0 Å². The van der Waals surface area contributed by atoms with Gasteiger partial charge in [-0.2, -0.15) is 17.0 Å². The molecule has 1 N–H and O–H groups in total. The molecule has 0 radical (unpaired) electrons.